The molecule has 1 heterocycles. The maximum atomic E-state index is 14.0. The number of rotatable bonds is 1. The average molecular weight is 466 g/mol. The van der Waals surface area contributed by atoms with E-state index in [1.807, 2.05) is 0 Å². The van der Waals surface area contributed by atoms with E-state index in [0.717, 1.165) is 6.07 Å². The zero-order chi connectivity index (χ0) is 18.9. The lowest BCUT2D eigenvalue weighted by molar-refractivity contribution is 0.00606. The molecule has 0 radical (unpaired) electrons. The molecular weight excluding hydrogens is 445 g/mol. The molecule has 2 amide bonds. The average Bonchev–Trinajstić information content (AvgIpc) is 2.48. The highest BCUT2D eigenvalue weighted by Gasteiger charge is 2.33. The van der Waals surface area contributed by atoms with Crippen LogP contribution in [0.25, 0.3) is 0 Å². The van der Waals surface area contributed by atoms with Crippen molar-refractivity contribution in [3.8, 4) is 0 Å². The Labute approximate surface area is 159 Å². The highest BCUT2D eigenvalue weighted by Crippen LogP contribution is 2.21. The molecule has 2 rings (SSSR count). The zero-order valence-corrected chi connectivity index (χ0v) is 16.8. The van der Waals surface area contributed by atoms with Crippen LogP contribution < -0.4 is 0 Å². The van der Waals surface area contributed by atoms with Gasteiger partial charge >= 0.3 is 6.09 Å². The van der Waals surface area contributed by atoms with E-state index in [1.165, 1.54) is 15.9 Å². The molecule has 138 valence electrons. The van der Waals surface area contributed by atoms with Crippen molar-refractivity contribution in [3.05, 3.63) is 32.9 Å². The number of carbonyl (C=O) groups is 2. The SMILES string of the molecule is CC1CN(C(=O)OC(C)(C)C)CCN1C(=O)c1cc(I)c(F)cc1F. The first-order chi connectivity index (χ1) is 11.5. The summed E-state index contributed by atoms with van der Waals surface area (Å²) in [6.45, 7) is 7.98. The first-order valence-corrected chi connectivity index (χ1v) is 9.01. The summed E-state index contributed by atoms with van der Waals surface area (Å²) < 4.78 is 32.9. The van der Waals surface area contributed by atoms with Gasteiger partial charge in [-0.05, 0) is 56.4 Å². The number of hydrogen-bond acceptors (Lipinski definition) is 3. The standard InChI is InChI=1S/C17H21F2IN2O3/c1-10-9-21(16(24)25-17(2,3)4)5-6-22(10)15(23)11-7-14(20)13(19)8-12(11)18/h7-8,10H,5-6,9H2,1-4H3. The van der Waals surface area contributed by atoms with Crippen LogP contribution in [0.1, 0.15) is 38.1 Å². The van der Waals surface area contributed by atoms with Crippen molar-refractivity contribution in [2.75, 3.05) is 19.6 Å². The summed E-state index contributed by atoms with van der Waals surface area (Å²) in [5.41, 5.74) is -0.760. The smallest absolute Gasteiger partial charge is 0.410 e. The lowest BCUT2D eigenvalue weighted by Gasteiger charge is -2.40. The van der Waals surface area contributed by atoms with Crippen LogP contribution in [0.2, 0.25) is 0 Å². The minimum atomic E-state index is -0.885. The van der Waals surface area contributed by atoms with E-state index in [1.54, 1.807) is 50.3 Å². The first-order valence-electron chi connectivity index (χ1n) is 7.93. The number of carbonyl (C=O) groups excluding carboxylic acids is 2. The van der Waals surface area contributed by atoms with Gasteiger partial charge in [-0.1, -0.05) is 0 Å². The van der Waals surface area contributed by atoms with E-state index in [9.17, 15) is 18.4 Å². The molecule has 0 bridgehead atoms. The predicted octanol–water partition coefficient (Wildman–Crippen LogP) is 3.65. The van der Waals surface area contributed by atoms with Crippen molar-refractivity contribution < 1.29 is 23.1 Å². The molecule has 0 aromatic heterocycles. The van der Waals surface area contributed by atoms with Gasteiger partial charge in [-0.15, -0.1) is 0 Å². The van der Waals surface area contributed by atoms with Gasteiger partial charge in [0, 0.05) is 35.3 Å². The van der Waals surface area contributed by atoms with E-state index in [0.29, 0.717) is 13.1 Å². The van der Waals surface area contributed by atoms with Crippen molar-refractivity contribution in [3.63, 3.8) is 0 Å². The monoisotopic (exact) mass is 466 g/mol. The number of nitrogens with zero attached hydrogens (tertiary/aromatic N) is 2. The molecule has 8 heteroatoms. The van der Waals surface area contributed by atoms with E-state index in [2.05, 4.69) is 0 Å². The van der Waals surface area contributed by atoms with Gasteiger partial charge in [0.05, 0.1) is 5.56 Å². The molecule has 0 aliphatic carbocycles. The van der Waals surface area contributed by atoms with Gasteiger partial charge in [0.25, 0.3) is 5.91 Å². The number of benzene rings is 1. The van der Waals surface area contributed by atoms with Crippen molar-refractivity contribution in [1.82, 2.24) is 9.80 Å². The molecule has 1 atom stereocenters. The molecule has 1 aliphatic heterocycles. The van der Waals surface area contributed by atoms with Crippen LogP contribution in [0.5, 0.6) is 0 Å². The van der Waals surface area contributed by atoms with E-state index in [4.69, 9.17) is 4.74 Å². The summed E-state index contributed by atoms with van der Waals surface area (Å²) in [5, 5.41) is 0. The van der Waals surface area contributed by atoms with Crippen molar-refractivity contribution in [2.45, 2.75) is 39.3 Å². The number of ether oxygens (including phenoxy) is 1. The fraction of sp³-hybridized carbons (Fsp3) is 0.529. The van der Waals surface area contributed by atoms with Gasteiger partial charge in [0.15, 0.2) is 0 Å². The van der Waals surface area contributed by atoms with Crippen LogP contribution in [0.3, 0.4) is 0 Å². The second-order valence-corrected chi connectivity index (χ2v) is 8.18. The second-order valence-electron chi connectivity index (χ2n) is 7.02. The minimum Gasteiger partial charge on any atom is -0.444 e. The molecule has 5 nitrogen and oxygen atoms in total. The Hall–Kier alpha value is -1.45. The van der Waals surface area contributed by atoms with Gasteiger partial charge in [0.2, 0.25) is 0 Å². The quantitative estimate of drug-likeness (QED) is 0.469. The Morgan fingerprint density at radius 3 is 2.40 bits per heavy atom. The molecule has 1 aromatic rings. The zero-order valence-electron chi connectivity index (χ0n) is 14.6. The summed E-state index contributed by atoms with van der Waals surface area (Å²) in [5.74, 6) is -2.09. The summed E-state index contributed by atoms with van der Waals surface area (Å²) in [6.07, 6.45) is -0.436. The predicted molar refractivity (Wildman–Crippen MR) is 97.4 cm³/mol. The lowest BCUT2D eigenvalue weighted by Crippen LogP contribution is -2.56. The fourth-order valence-corrected chi connectivity index (χ4v) is 3.06. The van der Waals surface area contributed by atoms with Gasteiger partial charge in [-0.2, -0.15) is 0 Å². The summed E-state index contributed by atoms with van der Waals surface area (Å²) in [6, 6.07) is 1.62. The molecular formula is C17H21F2IN2O3. The van der Waals surface area contributed by atoms with Crippen molar-refractivity contribution in [2.24, 2.45) is 0 Å². The number of hydrogen-bond donors (Lipinski definition) is 0. The third-order valence-electron chi connectivity index (χ3n) is 3.78. The molecule has 0 N–H and O–H groups in total. The van der Waals surface area contributed by atoms with E-state index < -0.39 is 29.2 Å². The molecule has 25 heavy (non-hydrogen) atoms. The van der Waals surface area contributed by atoms with Crippen molar-refractivity contribution >= 4 is 34.6 Å². The van der Waals surface area contributed by atoms with Crippen LogP contribution in [0, 0.1) is 15.2 Å². The maximum absolute atomic E-state index is 14.0. The van der Waals surface area contributed by atoms with Gasteiger partial charge < -0.3 is 14.5 Å². The molecule has 0 saturated carbocycles. The fourth-order valence-electron chi connectivity index (χ4n) is 2.59. The van der Waals surface area contributed by atoms with Crippen LogP contribution in [-0.4, -0.2) is 53.1 Å². The first kappa shape index (κ1) is 19.9. The third-order valence-corrected chi connectivity index (χ3v) is 4.61. The summed E-state index contributed by atoms with van der Waals surface area (Å²) in [7, 11) is 0. The summed E-state index contributed by atoms with van der Waals surface area (Å²) >= 11 is 1.72. The largest absolute Gasteiger partial charge is 0.444 e. The third kappa shape index (κ3) is 4.80. The van der Waals surface area contributed by atoms with Crippen molar-refractivity contribution in [1.29, 1.82) is 0 Å². The number of amides is 2. The Balaban J connectivity index is 2.10. The topological polar surface area (TPSA) is 49.9 Å². The van der Waals surface area contributed by atoms with Gasteiger partial charge in [0.1, 0.15) is 17.2 Å². The van der Waals surface area contributed by atoms with Crippen LogP contribution in [0.15, 0.2) is 12.1 Å². The Morgan fingerprint density at radius 1 is 1.20 bits per heavy atom. The van der Waals surface area contributed by atoms with Gasteiger partial charge in [-0.3, -0.25) is 4.79 Å². The molecule has 1 fully saturated rings. The number of piperazine rings is 1. The molecule has 0 spiro atoms. The minimum absolute atomic E-state index is 0.164. The highest BCUT2D eigenvalue weighted by atomic mass is 127. The van der Waals surface area contributed by atoms with Crippen LogP contribution >= 0.6 is 22.6 Å². The highest BCUT2D eigenvalue weighted by molar-refractivity contribution is 14.1. The Bertz CT molecular complexity index is 691. The number of halogens is 3. The summed E-state index contributed by atoms with van der Waals surface area (Å²) in [4.78, 5) is 27.8. The second kappa shape index (κ2) is 7.43. The van der Waals surface area contributed by atoms with Crippen LogP contribution in [0.4, 0.5) is 13.6 Å². The Kier molecular flexibility index (Phi) is 5.90. The van der Waals surface area contributed by atoms with Crippen LogP contribution in [-0.2, 0) is 4.74 Å². The molecule has 1 unspecified atom stereocenters. The Morgan fingerprint density at radius 2 is 1.84 bits per heavy atom. The van der Waals surface area contributed by atoms with Gasteiger partial charge in [-0.25, -0.2) is 13.6 Å². The van der Waals surface area contributed by atoms with E-state index >= 15 is 0 Å². The molecule has 1 aliphatic rings. The molecule has 1 saturated heterocycles. The molecule has 1 aromatic carbocycles. The lowest BCUT2D eigenvalue weighted by atomic mass is 10.1. The normalized spacial score (nSPS) is 18.3. The maximum Gasteiger partial charge on any atom is 0.410 e. The van der Waals surface area contributed by atoms with E-state index in [-0.39, 0.29) is 21.7 Å².